The molecule has 0 aliphatic carbocycles. The molecule has 0 radical (unpaired) electrons. The van der Waals surface area contributed by atoms with Gasteiger partial charge in [-0.05, 0) is 26.0 Å². The largest absolute Gasteiger partial charge is 0.481 e. The minimum Gasteiger partial charge on any atom is -0.481 e. The van der Waals surface area contributed by atoms with Crippen molar-refractivity contribution in [3.05, 3.63) is 41.4 Å². The van der Waals surface area contributed by atoms with Crippen LogP contribution in [0.2, 0.25) is 5.02 Å². The Kier molecular flexibility index (Phi) is 5.82. The molecule has 0 aliphatic rings. The third-order valence-electron chi connectivity index (χ3n) is 3.20. The van der Waals surface area contributed by atoms with E-state index < -0.39 is 12.1 Å². The van der Waals surface area contributed by atoms with Crippen LogP contribution in [-0.2, 0) is 14.3 Å². The van der Waals surface area contributed by atoms with Gasteiger partial charge in [-0.3, -0.25) is 4.79 Å². The van der Waals surface area contributed by atoms with Crippen LogP contribution in [0.25, 0.3) is 10.8 Å². The van der Waals surface area contributed by atoms with Crippen molar-refractivity contribution in [3.63, 3.8) is 0 Å². The van der Waals surface area contributed by atoms with Crippen LogP contribution in [0.5, 0.6) is 5.75 Å². The third kappa shape index (κ3) is 4.36. The Balaban J connectivity index is 2.00. The molecule has 1 N–H and O–H groups in total. The summed E-state index contributed by atoms with van der Waals surface area (Å²) < 4.78 is 10.5. The number of esters is 1. The van der Waals surface area contributed by atoms with E-state index in [2.05, 4.69) is 5.32 Å². The van der Waals surface area contributed by atoms with E-state index >= 15 is 0 Å². The summed E-state index contributed by atoms with van der Waals surface area (Å²) in [7, 11) is 0. The standard InChI is InChI=1S/C17H18ClNO4/c1-3-19-17(21)11(2)23-16(20)10-22-15-9-8-14(18)12-6-4-5-7-13(12)15/h4-9,11H,3,10H2,1-2H3,(H,19,21)/t11-/m0/s1. The van der Waals surface area contributed by atoms with E-state index in [0.29, 0.717) is 17.3 Å². The molecule has 1 amide bonds. The zero-order valence-corrected chi connectivity index (χ0v) is 13.7. The Hall–Kier alpha value is -2.27. The first-order valence-electron chi connectivity index (χ1n) is 7.30. The maximum atomic E-state index is 11.8. The number of rotatable bonds is 6. The topological polar surface area (TPSA) is 64.6 Å². The SMILES string of the molecule is CCNC(=O)[C@H](C)OC(=O)COc1ccc(Cl)c2ccccc12. The van der Waals surface area contributed by atoms with Crippen molar-refractivity contribution in [1.82, 2.24) is 5.32 Å². The lowest BCUT2D eigenvalue weighted by Gasteiger charge is -2.14. The maximum absolute atomic E-state index is 11.8. The predicted octanol–water partition coefficient (Wildman–Crippen LogP) is 2.94. The van der Waals surface area contributed by atoms with Gasteiger partial charge in [-0.1, -0.05) is 35.9 Å². The molecule has 0 bridgehead atoms. The van der Waals surface area contributed by atoms with Gasteiger partial charge in [0.25, 0.3) is 5.91 Å². The molecule has 6 heteroatoms. The molecule has 0 aromatic heterocycles. The first kappa shape index (κ1) is 17.1. The molecule has 0 saturated carbocycles. The van der Waals surface area contributed by atoms with Crippen molar-refractivity contribution in [1.29, 1.82) is 0 Å². The van der Waals surface area contributed by atoms with Gasteiger partial charge in [-0.25, -0.2) is 4.79 Å². The Bertz CT molecular complexity index is 717. The second kappa shape index (κ2) is 7.83. The molecule has 0 fully saturated rings. The summed E-state index contributed by atoms with van der Waals surface area (Å²) in [6, 6.07) is 10.9. The van der Waals surface area contributed by atoms with Crippen molar-refractivity contribution in [2.75, 3.05) is 13.2 Å². The summed E-state index contributed by atoms with van der Waals surface area (Å²) in [6.07, 6.45) is -0.854. The van der Waals surface area contributed by atoms with Crippen LogP contribution in [0.15, 0.2) is 36.4 Å². The quantitative estimate of drug-likeness (QED) is 0.824. The summed E-state index contributed by atoms with van der Waals surface area (Å²) in [5.74, 6) is -0.409. The molecule has 0 spiro atoms. The smallest absolute Gasteiger partial charge is 0.344 e. The zero-order valence-electron chi connectivity index (χ0n) is 13.0. The van der Waals surface area contributed by atoms with Crippen LogP contribution in [0, 0.1) is 0 Å². The van der Waals surface area contributed by atoms with E-state index in [-0.39, 0.29) is 12.5 Å². The Morgan fingerprint density at radius 2 is 1.87 bits per heavy atom. The lowest BCUT2D eigenvalue weighted by atomic mass is 10.1. The molecular weight excluding hydrogens is 318 g/mol. The van der Waals surface area contributed by atoms with Gasteiger partial charge in [0.15, 0.2) is 12.7 Å². The van der Waals surface area contributed by atoms with E-state index in [4.69, 9.17) is 21.1 Å². The summed E-state index contributed by atoms with van der Waals surface area (Å²) in [5, 5.41) is 4.85. The number of ether oxygens (including phenoxy) is 2. The second-order valence-electron chi connectivity index (χ2n) is 4.91. The van der Waals surface area contributed by atoms with E-state index in [9.17, 15) is 9.59 Å². The molecule has 0 aliphatic heterocycles. The van der Waals surface area contributed by atoms with Crippen LogP contribution < -0.4 is 10.1 Å². The fraction of sp³-hybridized carbons (Fsp3) is 0.294. The normalized spacial score (nSPS) is 11.8. The molecule has 1 atom stereocenters. The highest BCUT2D eigenvalue weighted by atomic mass is 35.5. The molecule has 5 nitrogen and oxygen atoms in total. The molecular formula is C17H18ClNO4. The van der Waals surface area contributed by atoms with Gasteiger partial charge >= 0.3 is 5.97 Å². The summed E-state index contributed by atoms with van der Waals surface area (Å²) in [5.41, 5.74) is 0. The number of amides is 1. The van der Waals surface area contributed by atoms with Crippen molar-refractivity contribution in [2.45, 2.75) is 20.0 Å². The van der Waals surface area contributed by atoms with E-state index in [1.54, 1.807) is 19.1 Å². The van der Waals surface area contributed by atoms with Gasteiger partial charge in [-0.15, -0.1) is 0 Å². The number of nitrogens with one attached hydrogen (secondary N) is 1. The first-order valence-corrected chi connectivity index (χ1v) is 7.68. The Morgan fingerprint density at radius 3 is 2.57 bits per heavy atom. The third-order valence-corrected chi connectivity index (χ3v) is 3.53. The highest BCUT2D eigenvalue weighted by molar-refractivity contribution is 6.35. The highest BCUT2D eigenvalue weighted by Crippen LogP contribution is 2.31. The molecule has 2 rings (SSSR count). The highest BCUT2D eigenvalue weighted by Gasteiger charge is 2.17. The molecule has 0 saturated heterocycles. The number of hydrogen-bond donors (Lipinski definition) is 1. The average Bonchev–Trinajstić information content (AvgIpc) is 2.54. The van der Waals surface area contributed by atoms with Gasteiger partial charge in [0, 0.05) is 22.3 Å². The van der Waals surface area contributed by atoms with Gasteiger partial charge in [0.1, 0.15) is 5.75 Å². The van der Waals surface area contributed by atoms with Crippen LogP contribution in [0.4, 0.5) is 0 Å². The number of carbonyl (C=O) groups is 2. The van der Waals surface area contributed by atoms with Crippen LogP contribution in [0.1, 0.15) is 13.8 Å². The summed E-state index contributed by atoms with van der Waals surface area (Å²) in [4.78, 5) is 23.3. The Labute approximate surface area is 139 Å². The second-order valence-corrected chi connectivity index (χ2v) is 5.31. The number of carbonyl (C=O) groups excluding carboxylic acids is 2. The van der Waals surface area contributed by atoms with E-state index in [1.807, 2.05) is 24.3 Å². The van der Waals surface area contributed by atoms with Gasteiger partial charge in [0.2, 0.25) is 0 Å². The fourth-order valence-corrected chi connectivity index (χ4v) is 2.33. The molecule has 0 heterocycles. The molecule has 2 aromatic rings. The van der Waals surface area contributed by atoms with Crippen molar-refractivity contribution < 1.29 is 19.1 Å². The van der Waals surface area contributed by atoms with Crippen molar-refractivity contribution in [2.24, 2.45) is 0 Å². The lowest BCUT2D eigenvalue weighted by molar-refractivity contribution is -0.156. The number of benzene rings is 2. The molecule has 23 heavy (non-hydrogen) atoms. The van der Waals surface area contributed by atoms with Crippen molar-refractivity contribution >= 4 is 34.2 Å². The van der Waals surface area contributed by atoms with E-state index in [1.165, 1.54) is 6.92 Å². The minimum absolute atomic E-state index is 0.282. The maximum Gasteiger partial charge on any atom is 0.344 e. The number of fused-ring (bicyclic) bond motifs is 1. The zero-order chi connectivity index (χ0) is 16.8. The first-order chi connectivity index (χ1) is 11.0. The van der Waals surface area contributed by atoms with Crippen LogP contribution in [-0.4, -0.2) is 31.1 Å². The lowest BCUT2D eigenvalue weighted by Crippen LogP contribution is -2.36. The van der Waals surface area contributed by atoms with Crippen LogP contribution in [0.3, 0.4) is 0 Å². The monoisotopic (exact) mass is 335 g/mol. The van der Waals surface area contributed by atoms with Gasteiger partial charge < -0.3 is 14.8 Å². The van der Waals surface area contributed by atoms with E-state index in [0.717, 1.165) is 10.8 Å². The molecule has 0 unspecified atom stereocenters. The van der Waals surface area contributed by atoms with Gasteiger partial charge in [-0.2, -0.15) is 0 Å². The number of halogens is 1. The van der Waals surface area contributed by atoms with Crippen LogP contribution >= 0.6 is 11.6 Å². The summed E-state index contributed by atoms with van der Waals surface area (Å²) in [6.45, 7) is 3.51. The molecule has 122 valence electrons. The number of hydrogen-bond acceptors (Lipinski definition) is 4. The predicted molar refractivity (Wildman–Crippen MR) is 88.7 cm³/mol. The number of likely N-dealkylation sites (N-methyl/N-ethyl adjacent to an activating group) is 1. The van der Waals surface area contributed by atoms with Gasteiger partial charge in [0.05, 0.1) is 0 Å². The molecule has 2 aromatic carbocycles. The fourth-order valence-electron chi connectivity index (χ4n) is 2.10. The minimum atomic E-state index is -0.854. The average molecular weight is 336 g/mol. The summed E-state index contributed by atoms with van der Waals surface area (Å²) >= 11 is 6.13. The Morgan fingerprint density at radius 1 is 1.17 bits per heavy atom. The van der Waals surface area contributed by atoms with Crippen molar-refractivity contribution in [3.8, 4) is 5.75 Å².